The van der Waals surface area contributed by atoms with E-state index in [9.17, 15) is 0 Å². The Morgan fingerprint density at radius 1 is 0.920 bits per heavy atom. The van der Waals surface area contributed by atoms with E-state index in [-0.39, 0.29) is 6.04 Å². The van der Waals surface area contributed by atoms with Gasteiger partial charge in [-0.25, -0.2) is 0 Å². The van der Waals surface area contributed by atoms with Crippen molar-refractivity contribution in [1.29, 1.82) is 0 Å². The average molecular weight is 341 g/mol. The van der Waals surface area contributed by atoms with Crippen molar-refractivity contribution < 1.29 is 4.74 Å². The van der Waals surface area contributed by atoms with Crippen LogP contribution in [0.3, 0.4) is 0 Å². The highest BCUT2D eigenvalue weighted by atomic mass is 16.5. The van der Waals surface area contributed by atoms with E-state index in [1.54, 1.807) is 7.11 Å². The van der Waals surface area contributed by atoms with Crippen molar-refractivity contribution in [2.75, 3.05) is 20.2 Å². The van der Waals surface area contributed by atoms with Crippen LogP contribution in [0.1, 0.15) is 44.4 Å². The molecule has 3 heteroatoms. The zero-order chi connectivity index (χ0) is 18.1. The largest absolute Gasteiger partial charge is 0.497 e. The van der Waals surface area contributed by atoms with Crippen LogP contribution in [0.25, 0.3) is 0 Å². The van der Waals surface area contributed by atoms with E-state index in [2.05, 4.69) is 73.5 Å². The summed E-state index contributed by atoms with van der Waals surface area (Å²) in [7, 11) is 1.71. The molecule has 0 aromatic heterocycles. The SMILES string of the molecule is CCC(NC(Cc1ccccc1)c1ccc(OC)cc1)N(CC)CC. The van der Waals surface area contributed by atoms with Gasteiger partial charge in [-0.15, -0.1) is 0 Å². The number of hydrogen-bond acceptors (Lipinski definition) is 3. The van der Waals surface area contributed by atoms with Gasteiger partial charge in [0.2, 0.25) is 0 Å². The maximum Gasteiger partial charge on any atom is 0.118 e. The van der Waals surface area contributed by atoms with E-state index in [4.69, 9.17) is 4.74 Å². The van der Waals surface area contributed by atoms with Gasteiger partial charge in [-0.2, -0.15) is 0 Å². The van der Waals surface area contributed by atoms with Crippen LogP contribution in [0, 0.1) is 0 Å². The molecule has 2 unspecified atom stereocenters. The first-order valence-corrected chi connectivity index (χ1v) is 9.39. The molecule has 136 valence electrons. The van der Waals surface area contributed by atoms with Crippen molar-refractivity contribution in [2.24, 2.45) is 0 Å². The molecule has 2 aromatic rings. The van der Waals surface area contributed by atoms with Gasteiger partial charge in [-0.05, 0) is 49.2 Å². The first-order valence-electron chi connectivity index (χ1n) is 9.39. The molecule has 25 heavy (non-hydrogen) atoms. The van der Waals surface area contributed by atoms with Gasteiger partial charge < -0.3 is 4.74 Å². The molecule has 2 atom stereocenters. The van der Waals surface area contributed by atoms with Crippen molar-refractivity contribution in [3.05, 3.63) is 65.7 Å². The molecule has 3 nitrogen and oxygen atoms in total. The summed E-state index contributed by atoms with van der Waals surface area (Å²) < 4.78 is 5.31. The molecule has 0 radical (unpaired) electrons. The minimum absolute atomic E-state index is 0.277. The van der Waals surface area contributed by atoms with Crippen LogP contribution in [0.2, 0.25) is 0 Å². The number of nitrogens with zero attached hydrogens (tertiary/aromatic N) is 1. The van der Waals surface area contributed by atoms with Crippen LogP contribution in [0.5, 0.6) is 5.75 Å². The second-order valence-electron chi connectivity index (χ2n) is 6.33. The van der Waals surface area contributed by atoms with E-state index in [0.717, 1.165) is 31.7 Å². The number of rotatable bonds is 10. The van der Waals surface area contributed by atoms with Crippen LogP contribution < -0.4 is 10.1 Å². The fourth-order valence-corrected chi connectivity index (χ4v) is 3.34. The Morgan fingerprint density at radius 2 is 1.56 bits per heavy atom. The molecular weight excluding hydrogens is 308 g/mol. The molecule has 0 saturated heterocycles. The molecule has 0 aliphatic carbocycles. The minimum atomic E-state index is 0.277. The van der Waals surface area contributed by atoms with Crippen molar-refractivity contribution in [2.45, 2.75) is 45.8 Å². The van der Waals surface area contributed by atoms with E-state index in [1.807, 2.05) is 12.1 Å². The molecule has 0 heterocycles. The Bertz CT molecular complexity index is 593. The lowest BCUT2D eigenvalue weighted by molar-refractivity contribution is 0.161. The monoisotopic (exact) mass is 340 g/mol. The van der Waals surface area contributed by atoms with Gasteiger partial charge in [-0.3, -0.25) is 10.2 Å². The Hall–Kier alpha value is -1.84. The number of methoxy groups -OCH3 is 1. The van der Waals surface area contributed by atoms with Crippen LogP contribution in [0.4, 0.5) is 0 Å². The maximum absolute atomic E-state index is 5.31. The third-order valence-electron chi connectivity index (χ3n) is 4.83. The van der Waals surface area contributed by atoms with Gasteiger partial charge in [-0.1, -0.05) is 63.2 Å². The fourth-order valence-electron chi connectivity index (χ4n) is 3.34. The summed E-state index contributed by atoms with van der Waals surface area (Å²) in [5, 5.41) is 3.89. The van der Waals surface area contributed by atoms with E-state index < -0.39 is 0 Å². The molecule has 2 aromatic carbocycles. The smallest absolute Gasteiger partial charge is 0.118 e. The number of hydrogen-bond donors (Lipinski definition) is 1. The van der Waals surface area contributed by atoms with Gasteiger partial charge in [0.05, 0.1) is 13.3 Å². The third kappa shape index (κ3) is 5.58. The average Bonchev–Trinajstić information content (AvgIpc) is 2.68. The van der Waals surface area contributed by atoms with Crippen LogP contribution in [-0.4, -0.2) is 31.3 Å². The molecule has 0 amide bonds. The lowest BCUT2D eigenvalue weighted by atomic mass is 9.98. The quantitative estimate of drug-likeness (QED) is 0.637. The topological polar surface area (TPSA) is 24.5 Å². The van der Waals surface area contributed by atoms with Crippen molar-refractivity contribution in [3.63, 3.8) is 0 Å². The lowest BCUT2D eigenvalue weighted by Crippen LogP contribution is -2.47. The summed E-state index contributed by atoms with van der Waals surface area (Å²) in [5.41, 5.74) is 2.65. The Kier molecular flexibility index (Phi) is 7.96. The standard InChI is InChI=1S/C22H32N2O/c1-5-22(24(6-2)7-3)23-21(17-18-11-9-8-10-12-18)19-13-15-20(25-4)16-14-19/h8-16,21-23H,5-7,17H2,1-4H3. The zero-order valence-electron chi connectivity index (χ0n) is 16.0. The Labute approximate surface area is 153 Å². The molecule has 0 fully saturated rings. The van der Waals surface area contributed by atoms with Gasteiger partial charge in [0.15, 0.2) is 0 Å². The first-order chi connectivity index (χ1) is 12.2. The summed E-state index contributed by atoms with van der Waals surface area (Å²) in [4.78, 5) is 2.49. The van der Waals surface area contributed by atoms with E-state index in [0.29, 0.717) is 6.17 Å². The van der Waals surface area contributed by atoms with E-state index >= 15 is 0 Å². The highest BCUT2D eigenvalue weighted by Crippen LogP contribution is 2.23. The molecule has 2 rings (SSSR count). The highest BCUT2D eigenvalue weighted by molar-refractivity contribution is 5.30. The Balaban J connectivity index is 2.23. The van der Waals surface area contributed by atoms with Gasteiger partial charge >= 0.3 is 0 Å². The lowest BCUT2D eigenvalue weighted by Gasteiger charge is -2.33. The van der Waals surface area contributed by atoms with Crippen molar-refractivity contribution >= 4 is 0 Å². The molecular formula is C22H32N2O. The fraction of sp³-hybridized carbons (Fsp3) is 0.455. The Morgan fingerprint density at radius 3 is 2.08 bits per heavy atom. The molecule has 1 N–H and O–H groups in total. The molecule has 0 saturated carbocycles. The molecule has 0 aliphatic heterocycles. The molecule has 0 aliphatic rings. The second kappa shape index (κ2) is 10.2. The highest BCUT2D eigenvalue weighted by Gasteiger charge is 2.20. The van der Waals surface area contributed by atoms with Crippen LogP contribution in [-0.2, 0) is 6.42 Å². The summed E-state index contributed by atoms with van der Waals surface area (Å²) >= 11 is 0. The van der Waals surface area contributed by atoms with Gasteiger partial charge in [0, 0.05) is 6.04 Å². The van der Waals surface area contributed by atoms with Crippen molar-refractivity contribution in [3.8, 4) is 5.75 Å². The normalized spacial score (nSPS) is 13.6. The predicted molar refractivity (Wildman–Crippen MR) is 106 cm³/mol. The summed E-state index contributed by atoms with van der Waals surface area (Å²) in [6.07, 6.45) is 2.44. The van der Waals surface area contributed by atoms with E-state index in [1.165, 1.54) is 11.1 Å². The van der Waals surface area contributed by atoms with Crippen molar-refractivity contribution in [1.82, 2.24) is 10.2 Å². The summed E-state index contributed by atoms with van der Waals surface area (Å²) in [5.74, 6) is 0.901. The van der Waals surface area contributed by atoms with Crippen LogP contribution in [0.15, 0.2) is 54.6 Å². The minimum Gasteiger partial charge on any atom is -0.497 e. The summed E-state index contributed by atoms with van der Waals surface area (Å²) in [6, 6.07) is 19.4. The number of benzene rings is 2. The zero-order valence-corrected chi connectivity index (χ0v) is 16.0. The predicted octanol–water partition coefficient (Wildman–Crippen LogP) is 4.65. The first kappa shape index (κ1) is 19.5. The van der Waals surface area contributed by atoms with Gasteiger partial charge in [0.1, 0.15) is 5.75 Å². The number of nitrogens with one attached hydrogen (secondary N) is 1. The second-order valence-corrected chi connectivity index (χ2v) is 6.33. The van der Waals surface area contributed by atoms with Crippen LogP contribution >= 0.6 is 0 Å². The molecule has 0 spiro atoms. The molecule has 0 bridgehead atoms. The maximum atomic E-state index is 5.31. The third-order valence-corrected chi connectivity index (χ3v) is 4.83. The summed E-state index contributed by atoms with van der Waals surface area (Å²) in [6.45, 7) is 8.83. The van der Waals surface area contributed by atoms with Gasteiger partial charge in [0.25, 0.3) is 0 Å². The number of ether oxygens (including phenoxy) is 1.